The van der Waals surface area contributed by atoms with Crippen molar-refractivity contribution in [3.63, 3.8) is 0 Å². The number of hydrogen-bond acceptors (Lipinski definition) is 2. The number of benzene rings is 1. The first-order valence-corrected chi connectivity index (χ1v) is 11.2. The Hall–Kier alpha value is 0.150. The fourth-order valence-electron chi connectivity index (χ4n) is 0.943. The summed E-state index contributed by atoms with van der Waals surface area (Å²) < 4.78 is 4.72. The zero-order chi connectivity index (χ0) is 9.68. The molecule has 0 saturated heterocycles. The molecule has 1 rings (SSSR count). The van der Waals surface area contributed by atoms with E-state index in [2.05, 4.69) is 18.6 Å². The average molecular weight is 403 g/mol. The van der Waals surface area contributed by atoms with E-state index >= 15 is 0 Å². The second-order valence-electron chi connectivity index (χ2n) is 2.38. The summed E-state index contributed by atoms with van der Waals surface area (Å²) in [6.45, 7) is 0. The Balaban J connectivity index is 2.85. The topological polar surface area (TPSA) is 26.3 Å². The van der Waals surface area contributed by atoms with Gasteiger partial charge >= 0.3 is 98.3 Å². The Morgan fingerprint density at radius 2 is 2.08 bits per heavy atom. The molecule has 1 unspecified atom stereocenters. The van der Waals surface area contributed by atoms with Gasteiger partial charge in [0.25, 0.3) is 0 Å². The molecule has 0 aromatic heterocycles. The van der Waals surface area contributed by atoms with Crippen molar-refractivity contribution in [1.29, 1.82) is 0 Å². The predicted molar refractivity (Wildman–Crippen MR) is 55.2 cm³/mol. The molecule has 0 fully saturated rings. The summed E-state index contributed by atoms with van der Waals surface area (Å²) in [6, 6.07) is 9.78. The summed E-state index contributed by atoms with van der Waals surface area (Å²) in [6.07, 6.45) is 0. The van der Waals surface area contributed by atoms with Crippen LogP contribution < -0.4 is 17.2 Å². The van der Waals surface area contributed by atoms with Crippen molar-refractivity contribution in [2.24, 2.45) is 0 Å². The van der Waals surface area contributed by atoms with Crippen molar-refractivity contribution in [2.45, 2.75) is 3.92 Å². The molecule has 13 heavy (non-hydrogen) atoms. The molecule has 1 aromatic rings. The molecule has 72 valence electrons. The van der Waals surface area contributed by atoms with Crippen LogP contribution in [0.5, 0.6) is 0 Å². The summed E-state index contributed by atoms with van der Waals surface area (Å²) in [5.74, 6) is -0.117. The molecular formula is C9H9I2O2-. The van der Waals surface area contributed by atoms with Gasteiger partial charge in [0.2, 0.25) is 0 Å². The minimum absolute atomic E-state index is 0.0226. The van der Waals surface area contributed by atoms with E-state index in [1.165, 1.54) is 7.11 Å². The Kier molecular flexibility index (Phi) is 5.00. The standard InChI is InChI=1S/C9H9I2O2/c1-13-9(12)8(11-10)7-5-3-2-4-6-7/h2-6,8H,1H3/q-1. The third-order valence-electron chi connectivity index (χ3n) is 1.58. The van der Waals surface area contributed by atoms with Crippen LogP contribution in [0, 0.1) is 0 Å². The first kappa shape index (κ1) is 11.2. The van der Waals surface area contributed by atoms with E-state index in [1.54, 1.807) is 0 Å². The number of esters is 1. The maximum absolute atomic E-state index is 11.3. The third kappa shape index (κ3) is 3.08. The molecule has 0 radical (unpaired) electrons. The normalized spacial score (nSPS) is 12.5. The summed E-state index contributed by atoms with van der Waals surface area (Å²) in [4.78, 5) is 11.3. The summed E-state index contributed by atoms with van der Waals surface area (Å²) in [7, 11) is 1.44. The summed E-state index contributed by atoms with van der Waals surface area (Å²) in [5, 5.41) is 0. The number of ether oxygens (including phenoxy) is 1. The van der Waals surface area contributed by atoms with Gasteiger partial charge in [0.05, 0.1) is 0 Å². The molecule has 0 bridgehead atoms. The summed E-state index contributed by atoms with van der Waals surface area (Å²) in [5.41, 5.74) is 1.07. The van der Waals surface area contributed by atoms with E-state index in [1.807, 2.05) is 30.3 Å². The fraction of sp³-hybridized carbons (Fsp3) is 0.222. The molecule has 0 spiro atoms. The first-order chi connectivity index (χ1) is 6.29. The third-order valence-corrected chi connectivity index (χ3v) is 6.44. The molecule has 0 heterocycles. The number of rotatable bonds is 3. The molecule has 0 saturated carbocycles. The van der Waals surface area contributed by atoms with Crippen LogP contribution in [0.3, 0.4) is 0 Å². The van der Waals surface area contributed by atoms with Gasteiger partial charge in [0.1, 0.15) is 0 Å². The minimum atomic E-state index is -0.188. The zero-order valence-corrected chi connectivity index (χ0v) is 11.4. The maximum atomic E-state index is 11.3. The molecule has 0 aliphatic rings. The SMILES string of the molecule is COC(=O)C([I-]I)c1ccccc1. The number of methoxy groups -OCH3 is 1. The van der Waals surface area contributed by atoms with E-state index in [0.717, 1.165) is 5.56 Å². The Morgan fingerprint density at radius 1 is 1.46 bits per heavy atom. The van der Waals surface area contributed by atoms with Gasteiger partial charge in [-0.25, -0.2) is 0 Å². The quantitative estimate of drug-likeness (QED) is 0.381. The number of carbonyl (C=O) groups excluding carboxylic acids is 1. The number of hydrogen-bond donors (Lipinski definition) is 0. The van der Waals surface area contributed by atoms with Crippen LogP contribution in [0.25, 0.3) is 0 Å². The van der Waals surface area contributed by atoms with Crippen LogP contribution >= 0.6 is 18.6 Å². The van der Waals surface area contributed by atoms with Crippen LogP contribution in [0.1, 0.15) is 9.49 Å². The number of carbonyl (C=O) groups is 1. The Morgan fingerprint density at radius 3 is 2.54 bits per heavy atom. The molecule has 0 aliphatic carbocycles. The van der Waals surface area contributed by atoms with Gasteiger partial charge in [-0.2, -0.15) is 0 Å². The second kappa shape index (κ2) is 5.79. The molecule has 1 aromatic carbocycles. The van der Waals surface area contributed by atoms with Crippen molar-refractivity contribution >= 4 is 24.6 Å². The van der Waals surface area contributed by atoms with Crippen LogP contribution in [0.15, 0.2) is 30.3 Å². The van der Waals surface area contributed by atoms with Gasteiger partial charge < -0.3 is 0 Å². The van der Waals surface area contributed by atoms with Gasteiger partial charge in [0.15, 0.2) is 0 Å². The molecule has 1 atom stereocenters. The average Bonchev–Trinajstić information content (AvgIpc) is 2.20. The van der Waals surface area contributed by atoms with Gasteiger partial charge in [-0.15, -0.1) is 0 Å². The van der Waals surface area contributed by atoms with Crippen molar-refractivity contribution in [2.75, 3.05) is 7.11 Å². The monoisotopic (exact) mass is 403 g/mol. The van der Waals surface area contributed by atoms with E-state index in [-0.39, 0.29) is 27.1 Å². The van der Waals surface area contributed by atoms with E-state index < -0.39 is 0 Å². The molecule has 0 N–H and O–H groups in total. The number of halogens is 2. The van der Waals surface area contributed by atoms with Gasteiger partial charge in [-0.1, -0.05) is 0 Å². The van der Waals surface area contributed by atoms with Crippen molar-refractivity contribution < 1.29 is 26.8 Å². The Bertz CT molecular complexity index is 274. The van der Waals surface area contributed by atoms with Crippen molar-refractivity contribution in [3.05, 3.63) is 35.9 Å². The van der Waals surface area contributed by atoms with Crippen LogP contribution in [-0.4, -0.2) is 13.1 Å². The van der Waals surface area contributed by atoms with Gasteiger partial charge in [0, 0.05) is 0 Å². The first-order valence-electron chi connectivity index (χ1n) is 3.67. The molecular weight excluding hydrogens is 394 g/mol. The van der Waals surface area contributed by atoms with E-state index in [9.17, 15) is 4.79 Å². The number of alkyl halides is 1. The Labute approximate surface area is 97.5 Å². The second-order valence-corrected chi connectivity index (χ2v) is 7.25. The predicted octanol–water partition coefficient (Wildman–Crippen LogP) is -0.660. The van der Waals surface area contributed by atoms with E-state index in [4.69, 9.17) is 4.74 Å². The van der Waals surface area contributed by atoms with Crippen LogP contribution in [-0.2, 0) is 9.53 Å². The van der Waals surface area contributed by atoms with Gasteiger partial charge in [-0.3, -0.25) is 0 Å². The van der Waals surface area contributed by atoms with Crippen LogP contribution in [0.2, 0.25) is 0 Å². The van der Waals surface area contributed by atoms with Crippen molar-refractivity contribution in [3.8, 4) is 0 Å². The van der Waals surface area contributed by atoms with Gasteiger partial charge in [-0.05, 0) is 0 Å². The molecule has 2 nitrogen and oxygen atoms in total. The molecule has 0 aliphatic heterocycles. The van der Waals surface area contributed by atoms with Crippen LogP contribution in [0.4, 0.5) is 0 Å². The summed E-state index contributed by atoms with van der Waals surface area (Å²) >= 11 is 2.11. The molecule has 0 amide bonds. The molecule has 4 heteroatoms. The van der Waals surface area contributed by atoms with Crippen molar-refractivity contribution in [1.82, 2.24) is 0 Å². The van der Waals surface area contributed by atoms with E-state index in [0.29, 0.717) is 0 Å². The zero-order valence-electron chi connectivity index (χ0n) is 7.04. The fourth-order valence-corrected chi connectivity index (χ4v) is 5.19.